The van der Waals surface area contributed by atoms with Gasteiger partial charge >= 0.3 is 0 Å². The van der Waals surface area contributed by atoms with Crippen molar-refractivity contribution in [2.75, 3.05) is 0 Å². The number of alkyl halides is 2. The molecule has 0 aromatic heterocycles. The largest absolute Gasteiger partial charge is 0.116 e. The van der Waals surface area contributed by atoms with Crippen molar-refractivity contribution in [1.29, 1.82) is 0 Å². The summed E-state index contributed by atoms with van der Waals surface area (Å²) in [5.74, 6) is 0.953. The summed E-state index contributed by atoms with van der Waals surface area (Å²) in [5, 5.41) is -0.0247. The molecular formula is C12H14Cl2. The third-order valence-electron chi connectivity index (χ3n) is 4.09. The van der Waals surface area contributed by atoms with E-state index in [-0.39, 0.29) is 10.8 Å². The summed E-state index contributed by atoms with van der Waals surface area (Å²) < 4.78 is 0. The molecule has 2 fully saturated rings. The Balaban J connectivity index is 1.87. The van der Waals surface area contributed by atoms with Crippen molar-refractivity contribution in [3.8, 4) is 0 Å². The summed E-state index contributed by atoms with van der Waals surface area (Å²) in [6.07, 6.45) is 12.0. The minimum atomic E-state index is -0.0181. The minimum Gasteiger partial charge on any atom is -0.116 e. The number of fused-ring (bicyclic) bond motifs is 1. The third-order valence-corrected chi connectivity index (χ3v) is 5.03. The Morgan fingerprint density at radius 2 is 2.14 bits per heavy atom. The summed E-state index contributed by atoms with van der Waals surface area (Å²) in [4.78, 5) is 0. The molecule has 0 bridgehead atoms. The van der Waals surface area contributed by atoms with Gasteiger partial charge in [0, 0.05) is 0 Å². The first kappa shape index (κ1) is 9.30. The topological polar surface area (TPSA) is 0 Å². The summed E-state index contributed by atoms with van der Waals surface area (Å²) in [6, 6.07) is 0. The first-order chi connectivity index (χ1) is 6.72. The summed E-state index contributed by atoms with van der Waals surface area (Å²) in [6.45, 7) is 0. The highest BCUT2D eigenvalue weighted by molar-refractivity contribution is 6.31. The number of rotatable bonds is 1. The lowest BCUT2D eigenvalue weighted by molar-refractivity contribution is 0.587. The van der Waals surface area contributed by atoms with Crippen LogP contribution in [0, 0.1) is 11.3 Å². The Bertz CT molecular complexity index is 318. The average Bonchev–Trinajstić information content (AvgIpc) is 2.75. The van der Waals surface area contributed by atoms with E-state index in [0.717, 1.165) is 5.92 Å². The summed E-state index contributed by atoms with van der Waals surface area (Å²) in [5.41, 5.74) is 2.00. The number of hydrogen-bond acceptors (Lipinski definition) is 0. The van der Waals surface area contributed by atoms with E-state index in [1.165, 1.54) is 31.3 Å². The Morgan fingerprint density at radius 3 is 2.71 bits per heavy atom. The first-order valence-corrected chi connectivity index (χ1v) is 6.28. The molecule has 2 saturated carbocycles. The van der Waals surface area contributed by atoms with Gasteiger partial charge in [-0.1, -0.05) is 24.6 Å². The molecular weight excluding hydrogens is 215 g/mol. The molecule has 0 heterocycles. The number of allylic oxidation sites excluding steroid dienone is 4. The van der Waals surface area contributed by atoms with E-state index in [9.17, 15) is 0 Å². The van der Waals surface area contributed by atoms with Crippen LogP contribution in [0.4, 0.5) is 0 Å². The van der Waals surface area contributed by atoms with E-state index in [1.54, 1.807) is 0 Å². The molecule has 14 heavy (non-hydrogen) atoms. The van der Waals surface area contributed by atoms with Crippen molar-refractivity contribution >= 4 is 23.2 Å². The predicted molar refractivity (Wildman–Crippen MR) is 60.9 cm³/mol. The average molecular weight is 229 g/mol. The fraction of sp³-hybridized carbons (Fsp3) is 0.667. The van der Waals surface area contributed by atoms with Crippen molar-refractivity contribution < 1.29 is 0 Å². The van der Waals surface area contributed by atoms with Crippen molar-refractivity contribution in [2.24, 2.45) is 11.3 Å². The van der Waals surface area contributed by atoms with Gasteiger partial charge in [-0.3, -0.25) is 0 Å². The normalized spacial score (nSPS) is 50.1. The maximum absolute atomic E-state index is 6.16. The standard InChI is InChI=1S/C12H14Cl2/c13-10-4-3-8(6-11(10)14)12-5-1-2-9(12)7-12/h3-4,6,9-11H,1-2,5,7H2/t9-,10?,11?,12+/m0/s1. The van der Waals surface area contributed by atoms with Crippen LogP contribution in [0.5, 0.6) is 0 Å². The molecule has 0 aliphatic heterocycles. The van der Waals surface area contributed by atoms with Crippen LogP contribution in [-0.2, 0) is 0 Å². The Hall–Kier alpha value is 0.0600. The Labute approximate surface area is 95.0 Å². The van der Waals surface area contributed by atoms with E-state index in [1.807, 2.05) is 0 Å². The zero-order chi connectivity index (χ0) is 9.76. The van der Waals surface area contributed by atoms with Crippen molar-refractivity contribution in [1.82, 2.24) is 0 Å². The fourth-order valence-electron chi connectivity index (χ4n) is 3.18. The van der Waals surface area contributed by atoms with E-state index >= 15 is 0 Å². The van der Waals surface area contributed by atoms with Gasteiger partial charge in [0.25, 0.3) is 0 Å². The fourth-order valence-corrected chi connectivity index (χ4v) is 3.54. The van der Waals surface area contributed by atoms with Gasteiger partial charge in [0.15, 0.2) is 0 Å². The van der Waals surface area contributed by atoms with Gasteiger partial charge in [0.2, 0.25) is 0 Å². The van der Waals surface area contributed by atoms with Gasteiger partial charge in [0.1, 0.15) is 0 Å². The highest BCUT2D eigenvalue weighted by atomic mass is 35.5. The van der Waals surface area contributed by atoms with Crippen LogP contribution in [-0.4, -0.2) is 10.8 Å². The minimum absolute atomic E-state index is 0.00658. The summed E-state index contributed by atoms with van der Waals surface area (Å²) in [7, 11) is 0. The Morgan fingerprint density at radius 1 is 1.29 bits per heavy atom. The van der Waals surface area contributed by atoms with Gasteiger partial charge < -0.3 is 0 Å². The van der Waals surface area contributed by atoms with Crippen molar-refractivity contribution in [2.45, 2.75) is 36.4 Å². The molecule has 76 valence electrons. The molecule has 0 aromatic rings. The SMILES string of the molecule is ClC1C=CC([C@]23CCC[C@H]2C3)=CC1Cl. The molecule has 0 saturated heterocycles. The van der Waals surface area contributed by atoms with Gasteiger partial charge in [-0.25, -0.2) is 0 Å². The second-order valence-corrected chi connectivity index (χ2v) is 5.83. The van der Waals surface area contributed by atoms with Crippen LogP contribution >= 0.6 is 23.2 Å². The lowest BCUT2D eigenvalue weighted by atomic mass is 9.89. The van der Waals surface area contributed by atoms with Crippen LogP contribution in [0.15, 0.2) is 23.8 Å². The molecule has 3 aliphatic carbocycles. The van der Waals surface area contributed by atoms with Gasteiger partial charge in [0.05, 0.1) is 10.8 Å². The predicted octanol–water partition coefficient (Wildman–Crippen LogP) is 3.89. The zero-order valence-corrected chi connectivity index (χ0v) is 9.56. The molecule has 0 radical (unpaired) electrons. The van der Waals surface area contributed by atoms with E-state index in [4.69, 9.17) is 23.2 Å². The number of hydrogen-bond donors (Lipinski definition) is 0. The van der Waals surface area contributed by atoms with Gasteiger partial charge in [-0.05, 0) is 36.2 Å². The van der Waals surface area contributed by atoms with Crippen molar-refractivity contribution in [3.63, 3.8) is 0 Å². The lowest BCUT2D eigenvalue weighted by Crippen LogP contribution is -2.17. The molecule has 2 unspecified atom stereocenters. The van der Waals surface area contributed by atoms with Crippen LogP contribution in [0.2, 0.25) is 0 Å². The molecule has 2 heteroatoms. The second-order valence-electron chi connectivity index (χ2n) is 4.82. The van der Waals surface area contributed by atoms with Crippen LogP contribution in [0.1, 0.15) is 25.7 Å². The molecule has 3 rings (SSSR count). The van der Waals surface area contributed by atoms with Gasteiger partial charge in [-0.2, -0.15) is 0 Å². The van der Waals surface area contributed by atoms with Crippen molar-refractivity contribution in [3.05, 3.63) is 23.8 Å². The van der Waals surface area contributed by atoms with E-state index in [2.05, 4.69) is 18.2 Å². The molecule has 4 atom stereocenters. The quantitative estimate of drug-likeness (QED) is 0.598. The highest BCUT2D eigenvalue weighted by Crippen LogP contribution is 2.68. The maximum atomic E-state index is 6.16. The smallest absolute Gasteiger partial charge is 0.0721 e. The Kier molecular flexibility index (Phi) is 2.01. The molecule has 0 N–H and O–H groups in total. The van der Waals surface area contributed by atoms with Crippen LogP contribution in [0.3, 0.4) is 0 Å². The molecule has 0 amide bonds. The highest BCUT2D eigenvalue weighted by Gasteiger charge is 2.58. The lowest BCUT2D eigenvalue weighted by Gasteiger charge is -2.21. The molecule has 0 nitrogen and oxygen atoms in total. The summed E-state index contributed by atoms with van der Waals surface area (Å²) >= 11 is 12.2. The van der Waals surface area contributed by atoms with E-state index < -0.39 is 0 Å². The number of halogens is 2. The second kappa shape index (κ2) is 3.02. The van der Waals surface area contributed by atoms with E-state index in [0.29, 0.717) is 5.41 Å². The third kappa shape index (κ3) is 1.20. The monoisotopic (exact) mass is 228 g/mol. The van der Waals surface area contributed by atoms with Crippen LogP contribution < -0.4 is 0 Å². The van der Waals surface area contributed by atoms with Gasteiger partial charge in [-0.15, -0.1) is 23.2 Å². The molecule has 3 aliphatic rings. The van der Waals surface area contributed by atoms with Crippen LogP contribution in [0.25, 0.3) is 0 Å². The molecule has 0 spiro atoms. The zero-order valence-electron chi connectivity index (χ0n) is 8.05. The molecule has 0 aromatic carbocycles. The first-order valence-electron chi connectivity index (χ1n) is 5.41. The maximum Gasteiger partial charge on any atom is 0.0721 e.